The van der Waals surface area contributed by atoms with E-state index in [0.29, 0.717) is 46.8 Å². The van der Waals surface area contributed by atoms with Gasteiger partial charge in [0, 0.05) is 41.0 Å². The number of carbonyl (C=O) groups is 1. The van der Waals surface area contributed by atoms with Crippen LogP contribution in [0.4, 0.5) is 5.69 Å². The molecule has 29 heavy (non-hydrogen) atoms. The van der Waals surface area contributed by atoms with Crippen LogP contribution in [0.15, 0.2) is 29.2 Å². The van der Waals surface area contributed by atoms with Gasteiger partial charge in [0.1, 0.15) is 0 Å². The molecule has 1 unspecified atom stereocenters. The van der Waals surface area contributed by atoms with Crippen molar-refractivity contribution in [3.8, 4) is 0 Å². The van der Waals surface area contributed by atoms with Crippen LogP contribution in [0.1, 0.15) is 16.7 Å². The summed E-state index contributed by atoms with van der Waals surface area (Å²) in [6, 6.07) is 6.20. The van der Waals surface area contributed by atoms with Crippen LogP contribution in [0.25, 0.3) is 0 Å². The van der Waals surface area contributed by atoms with Crippen molar-refractivity contribution < 1.29 is 13.2 Å². The number of amides is 1. The van der Waals surface area contributed by atoms with Gasteiger partial charge in [0.15, 0.2) is 0 Å². The minimum Gasteiger partial charge on any atom is -0.323 e. The predicted octanol–water partition coefficient (Wildman–Crippen LogP) is 4.01. The number of piperazine rings is 1. The largest absolute Gasteiger partial charge is 0.323 e. The molecule has 1 amide bonds. The molecule has 1 fully saturated rings. The monoisotopic (exact) mass is 475 g/mol. The van der Waals surface area contributed by atoms with Crippen LogP contribution < -0.4 is 5.32 Å². The number of hydrogen-bond donors (Lipinski definition) is 1. The highest BCUT2D eigenvalue weighted by Crippen LogP contribution is 2.29. The van der Waals surface area contributed by atoms with Crippen LogP contribution in [-0.4, -0.2) is 55.8 Å². The molecule has 0 aliphatic carbocycles. The van der Waals surface area contributed by atoms with E-state index < -0.39 is 16.1 Å². The smallest absolute Gasteiger partial charge is 0.244 e. The van der Waals surface area contributed by atoms with Crippen LogP contribution in [-0.2, 0) is 14.8 Å². The van der Waals surface area contributed by atoms with Crippen molar-refractivity contribution in [3.63, 3.8) is 0 Å². The third-order valence-electron chi connectivity index (χ3n) is 5.00. The maximum Gasteiger partial charge on any atom is 0.244 e. The van der Waals surface area contributed by atoms with E-state index >= 15 is 0 Å². The van der Waals surface area contributed by atoms with Gasteiger partial charge in [-0.2, -0.15) is 4.31 Å². The van der Waals surface area contributed by atoms with E-state index in [1.54, 1.807) is 31.2 Å². The summed E-state index contributed by atoms with van der Waals surface area (Å²) in [5.74, 6) is -0.199. The number of sulfonamides is 1. The number of carbonyl (C=O) groups excluding carboxylic acids is 1. The lowest BCUT2D eigenvalue weighted by molar-refractivity contribution is -0.121. The quantitative estimate of drug-likeness (QED) is 0.708. The van der Waals surface area contributed by atoms with Gasteiger partial charge in [0.05, 0.1) is 21.6 Å². The first-order chi connectivity index (χ1) is 13.6. The number of aryl methyl sites for hydroxylation is 2. The van der Waals surface area contributed by atoms with Gasteiger partial charge in [-0.05, 0) is 45.0 Å². The minimum atomic E-state index is -3.51. The summed E-state index contributed by atoms with van der Waals surface area (Å²) in [5, 5.41) is 3.68. The van der Waals surface area contributed by atoms with Gasteiger partial charge in [-0.1, -0.05) is 23.2 Å². The molecule has 0 spiro atoms. The van der Waals surface area contributed by atoms with Crippen LogP contribution in [0.2, 0.25) is 10.0 Å². The number of thiophene rings is 1. The zero-order valence-electron chi connectivity index (χ0n) is 16.4. The van der Waals surface area contributed by atoms with Gasteiger partial charge in [-0.3, -0.25) is 9.69 Å². The number of nitrogens with zero attached hydrogens (tertiary/aromatic N) is 2. The molecule has 158 valence electrons. The van der Waals surface area contributed by atoms with E-state index in [2.05, 4.69) is 5.32 Å². The lowest BCUT2D eigenvalue weighted by atomic mass is 10.2. The summed E-state index contributed by atoms with van der Waals surface area (Å²) in [6.45, 7) is 7.17. The molecule has 6 nitrogen and oxygen atoms in total. The maximum absolute atomic E-state index is 12.9. The van der Waals surface area contributed by atoms with Crippen molar-refractivity contribution in [3.05, 3.63) is 44.1 Å². The first-order valence-electron chi connectivity index (χ1n) is 9.16. The normalized spacial score (nSPS) is 17.3. The number of benzene rings is 1. The SMILES string of the molecule is Cc1cc(S(=O)(=O)N2CCN(C(C)C(=O)Nc3ccc(Cl)cc3Cl)CC2)c(C)s1. The summed E-state index contributed by atoms with van der Waals surface area (Å²) < 4.78 is 27.4. The number of anilines is 1. The predicted molar refractivity (Wildman–Crippen MR) is 119 cm³/mol. The molecule has 10 heteroatoms. The van der Waals surface area contributed by atoms with Gasteiger partial charge < -0.3 is 5.32 Å². The number of hydrogen-bond acceptors (Lipinski definition) is 5. The number of nitrogens with one attached hydrogen (secondary N) is 1. The van der Waals surface area contributed by atoms with E-state index in [1.807, 2.05) is 18.7 Å². The van der Waals surface area contributed by atoms with E-state index in [9.17, 15) is 13.2 Å². The summed E-state index contributed by atoms with van der Waals surface area (Å²) in [7, 11) is -3.51. The second-order valence-corrected chi connectivity index (χ2v) is 11.2. The molecule has 3 rings (SSSR count). The van der Waals surface area contributed by atoms with Crippen molar-refractivity contribution in [2.24, 2.45) is 0 Å². The molecule has 1 atom stereocenters. The van der Waals surface area contributed by atoms with Crippen molar-refractivity contribution in [1.82, 2.24) is 9.21 Å². The first kappa shape index (κ1) is 22.5. The second kappa shape index (κ2) is 8.91. The third kappa shape index (κ3) is 4.95. The van der Waals surface area contributed by atoms with E-state index in [0.717, 1.165) is 9.75 Å². The Morgan fingerprint density at radius 2 is 1.79 bits per heavy atom. The zero-order chi connectivity index (χ0) is 21.3. The first-order valence-corrected chi connectivity index (χ1v) is 12.2. The Balaban J connectivity index is 1.62. The fourth-order valence-corrected chi connectivity index (χ4v) is 6.73. The Labute approximate surface area is 185 Å². The van der Waals surface area contributed by atoms with Crippen molar-refractivity contribution in [1.29, 1.82) is 0 Å². The van der Waals surface area contributed by atoms with Gasteiger partial charge in [-0.25, -0.2) is 8.42 Å². The van der Waals surface area contributed by atoms with Crippen LogP contribution in [0.3, 0.4) is 0 Å². The topological polar surface area (TPSA) is 69.7 Å². The molecule has 1 aliphatic heterocycles. The molecule has 2 aromatic rings. The van der Waals surface area contributed by atoms with Gasteiger partial charge in [0.2, 0.25) is 15.9 Å². The molecule has 1 aromatic carbocycles. The minimum absolute atomic E-state index is 0.199. The molecular weight excluding hydrogens is 453 g/mol. The van der Waals surface area contributed by atoms with Crippen molar-refractivity contribution in [2.45, 2.75) is 31.7 Å². The lowest BCUT2D eigenvalue weighted by Gasteiger charge is -2.36. The maximum atomic E-state index is 12.9. The van der Waals surface area contributed by atoms with E-state index in [-0.39, 0.29) is 5.91 Å². The molecule has 1 N–H and O–H groups in total. The number of rotatable bonds is 5. The molecule has 2 heterocycles. The third-order valence-corrected chi connectivity index (χ3v) is 8.67. The fourth-order valence-electron chi connectivity index (χ4n) is 3.33. The van der Waals surface area contributed by atoms with Crippen LogP contribution >= 0.6 is 34.5 Å². The highest BCUT2D eigenvalue weighted by atomic mass is 35.5. The van der Waals surface area contributed by atoms with E-state index in [4.69, 9.17) is 23.2 Å². The molecular formula is C19H23Cl2N3O3S2. The molecule has 1 aromatic heterocycles. The Hall–Kier alpha value is -1.16. The molecule has 1 aliphatic rings. The summed E-state index contributed by atoms with van der Waals surface area (Å²) >= 11 is 13.5. The van der Waals surface area contributed by atoms with Crippen molar-refractivity contribution in [2.75, 3.05) is 31.5 Å². The summed E-state index contributed by atoms with van der Waals surface area (Å²) in [6.07, 6.45) is 0. The lowest BCUT2D eigenvalue weighted by Crippen LogP contribution is -2.53. The average molecular weight is 476 g/mol. The van der Waals surface area contributed by atoms with Gasteiger partial charge in [0.25, 0.3) is 0 Å². The summed E-state index contributed by atoms with van der Waals surface area (Å²) in [5.41, 5.74) is 0.498. The standard InChI is InChI=1S/C19H23Cl2N3O3S2/c1-12-10-18(14(3)28-12)29(26,27)24-8-6-23(7-9-24)13(2)19(25)22-17-5-4-15(20)11-16(17)21/h4-5,10-11,13H,6-9H2,1-3H3,(H,22,25). The van der Waals surface area contributed by atoms with E-state index in [1.165, 1.54) is 15.6 Å². The highest BCUT2D eigenvalue weighted by Gasteiger charge is 2.33. The Kier molecular flexibility index (Phi) is 6.92. The average Bonchev–Trinajstić information content (AvgIpc) is 3.02. The highest BCUT2D eigenvalue weighted by molar-refractivity contribution is 7.89. The van der Waals surface area contributed by atoms with Gasteiger partial charge >= 0.3 is 0 Å². The van der Waals surface area contributed by atoms with Crippen molar-refractivity contribution >= 4 is 56.2 Å². The second-order valence-electron chi connectivity index (χ2n) is 7.01. The molecule has 1 saturated heterocycles. The molecule has 0 radical (unpaired) electrons. The number of halogens is 2. The summed E-state index contributed by atoms with van der Waals surface area (Å²) in [4.78, 5) is 16.8. The van der Waals surface area contributed by atoms with Crippen LogP contribution in [0, 0.1) is 13.8 Å². The fraction of sp³-hybridized carbons (Fsp3) is 0.421. The Bertz CT molecular complexity index is 1020. The zero-order valence-corrected chi connectivity index (χ0v) is 19.6. The molecule has 0 bridgehead atoms. The van der Waals surface area contributed by atoms with Crippen LogP contribution in [0.5, 0.6) is 0 Å². The molecule has 0 saturated carbocycles. The Morgan fingerprint density at radius 1 is 1.14 bits per heavy atom. The van der Waals surface area contributed by atoms with Gasteiger partial charge in [-0.15, -0.1) is 11.3 Å². The Morgan fingerprint density at radius 3 is 2.34 bits per heavy atom.